The lowest BCUT2D eigenvalue weighted by Gasteiger charge is -2.25. The van der Waals surface area contributed by atoms with Gasteiger partial charge in [0.15, 0.2) is 0 Å². The minimum Gasteiger partial charge on any atom is -0.507 e. The number of hydrogen-bond acceptors (Lipinski definition) is 4. The zero-order chi connectivity index (χ0) is 23.0. The van der Waals surface area contributed by atoms with Gasteiger partial charge in [-0.1, -0.05) is 67.9 Å². The second kappa shape index (κ2) is 8.42. The van der Waals surface area contributed by atoms with E-state index in [1.165, 1.54) is 4.90 Å². The van der Waals surface area contributed by atoms with E-state index in [9.17, 15) is 14.7 Å². The Labute approximate surface area is 188 Å². The number of carbonyl (C=O) groups excluding carboxylic acids is 2. The van der Waals surface area contributed by atoms with Crippen LogP contribution in [0.25, 0.3) is 5.76 Å². The molecule has 0 spiro atoms. The average Bonchev–Trinajstić information content (AvgIpc) is 3.05. The summed E-state index contributed by atoms with van der Waals surface area (Å²) in [5.41, 5.74) is 4.84. The maximum Gasteiger partial charge on any atom is 0.300 e. The number of rotatable bonds is 4. The number of amides is 1. The number of benzene rings is 2. The van der Waals surface area contributed by atoms with Gasteiger partial charge in [-0.2, -0.15) is 0 Å². The van der Waals surface area contributed by atoms with Gasteiger partial charge in [-0.15, -0.1) is 0 Å². The third-order valence-corrected chi connectivity index (χ3v) is 5.86. The van der Waals surface area contributed by atoms with E-state index in [-0.39, 0.29) is 11.3 Å². The monoisotopic (exact) mass is 426 g/mol. The highest BCUT2D eigenvalue weighted by atomic mass is 16.3. The minimum atomic E-state index is -0.748. The Morgan fingerprint density at radius 1 is 0.938 bits per heavy atom. The Hall–Kier alpha value is -3.73. The third kappa shape index (κ3) is 3.82. The Bertz CT molecular complexity index is 1190. The summed E-state index contributed by atoms with van der Waals surface area (Å²) in [6.07, 6.45) is 1.59. The van der Waals surface area contributed by atoms with Crippen molar-refractivity contribution in [1.82, 2.24) is 4.98 Å². The van der Waals surface area contributed by atoms with Gasteiger partial charge in [-0.25, -0.2) is 0 Å². The number of aromatic nitrogens is 1. The van der Waals surface area contributed by atoms with Crippen molar-refractivity contribution in [3.05, 3.63) is 100 Å². The maximum absolute atomic E-state index is 13.2. The highest BCUT2D eigenvalue weighted by Gasteiger charge is 2.47. The number of anilines is 1. The molecule has 0 radical (unpaired) electrons. The highest BCUT2D eigenvalue weighted by Crippen LogP contribution is 2.42. The van der Waals surface area contributed by atoms with Crippen LogP contribution in [-0.4, -0.2) is 21.8 Å². The lowest BCUT2D eigenvalue weighted by molar-refractivity contribution is -0.132. The lowest BCUT2D eigenvalue weighted by atomic mass is 9.93. The molecule has 2 aromatic carbocycles. The first-order chi connectivity index (χ1) is 15.3. The topological polar surface area (TPSA) is 70.5 Å². The smallest absolute Gasteiger partial charge is 0.300 e. The van der Waals surface area contributed by atoms with Crippen LogP contribution in [0.5, 0.6) is 0 Å². The van der Waals surface area contributed by atoms with Crippen molar-refractivity contribution in [2.24, 2.45) is 0 Å². The third-order valence-electron chi connectivity index (χ3n) is 5.86. The van der Waals surface area contributed by atoms with E-state index in [0.717, 1.165) is 22.4 Å². The number of nitrogens with zero attached hydrogens (tertiary/aromatic N) is 2. The number of Topliss-reactive ketones (excluding diaryl/α,β-unsaturated/α-hetero) is 1. The summed E-state index contributed by atoms with van der Waals surface area (Å²) in [7, 11) is 0. The molecule has 1 fully saturated rings. The van der Waals surface area contributed by atoms with Crippen LogP contribution in [0, 0.1) is 13.8 Å². The molecule has 1 saturated heterocycles. The Balaban J connectivity index is 1.91. The van der Waals surface area contributed by atoms with Gasteiger partial charge in [0.1, 0.15) is 5.76 Å². The van der Waals surface area contributed by atoms with Crippen LogP contribution in [0.15, 0.2) is 72.4 Å². The first kappa shape index (κ1) is 21.5. The molecule has 1 aliphatic heterocycles. The van der Waals surface area contributed by atoms with Crippen molar-refractivity contribution in [3.8, 4) is 0 Å². The molecule has 1 N–H and O–H groups in total. The SMILES string of the molecule is Cc1ccc(C(O)=C2C(=O)C(=O)N(c3ccc(C)nc3)C2c2ccc(C(C)C)cc2)cc1. The minimum absolute atomic E-state index is 0.0803. The van der Waals surface area contributed by atoms with Crippen LogP contribution in [0.4, 0.5) is 5.69 Å². The van der Waals surface area contributed by atoms with Crippen LogP contribution in [0.1, 0.15) is 53.8 Å². The van der Waals surface area contributed by atoms with Gasteiger partial charge in [-0.3, -0.25) is 19.5 Å². The second-order valence-electron chi connectivity index (χ2n) is 8.51. The normalized spacial score (nSPS) is 17.9. The van der Waals surface area contributed by atoms with Crippen molar-refractivity contribution in [2.75, 3.05) is 4.90 Å². The van der Waals surface area contributed by atoms with Gasteiger partial charge in [0.25, 0.3) is 11.7 Å². The van der Waals surface area contributed by atoms with Gasteiger partial charge in [0.05, 0.1) is 23.5 Å². The molecule has 162 valence electrons. The molecule has 1 unspecified atom stereocenters. The summed E-state index contributed by atoms with van der Waals surface area (Å²) in [6.45, 7) is 8.02. The molecule has 0 aliphatic carbocycles. The van der Waals surface area contributed by atoms with Gasteiger partial charge in [0.2, 0.25) is 0 Å². The number of ketones is 1. The van der Waals surface area contributed by atoms with Crippen LogP contribution in [-0.2, 0) is 9.59 Å². The van der Waals surface area contributed by atoms with E-state index in [1.807, 2.05) is 50.2 Å². The van der Waals surface area contributed by atoms with Gasteiger partial charge in [0, 0.05) is 11.3 Å². The van der Waals surface area contributed by atoms with Crippen LogP contribution in [0.2, 0.25) is 0 Å². The fourth-order valence-corrected chi connectivity index (χ4v) is 3.95. The molecule has 5 nitrogen and oxygen atoms in total. The quantitative estimate of drug-likeness (QED) is 0.342. The number of aryl methyl sites for hydroxylation is 2. The van der Waals surface area contributed by atoms with Gasteiger partial charge < -0.3 is 5.11 Å². The maximum atomic E-state index is 13.2. The molecule has 1 aromatic heterocycles. The molecule has 1 amide bonds. The van der Waals surface area contributed by atoms with Crippen LogP contribution in [0.3, 0.4) is 0 Å². The van der Waals surface area contributed by atoms with E-state index in [2.05, 4.69) is 18.8 Å². The molecule has 0 bridgehead atoms. The largest absolute Gasteiger partial charge is 0.507 e. The summed E-state index contributed by atoms with van der Waals surface area (Å²) < 4.78 is 0. The van der Waals surface area contributed by atoms with Crippen molar-refractivity contribution in [2.45, 2.75) is 39.7 Å². The van der Waals surface area contributed by atoms with Crippen molar-refractivity contribution in [3.63, 3.8) is 0 Å². The lowest BCUT2D eigenvalue weighted by Crippen LogP contribution is -2.29. The Morgan fingerprint density at radius 3 is 2.16 bits per heavy atom. The number of aliphatic hydroxyl groups is 1. The van der Waals surface area contributed by atoms with Crippen LogP contribution >= 0.6 is 0 Å². The van der Waals surface area contributed by atoms with E-state index >= 15 is 0 Å². The zero-order valence-corrected chi connectivity index (χ0v) is 18.7. The van der Waals surface area contributed by atoms with E-state index in [1.54, 1.807) is 30.5 Å². The number of carbonyl (C=O) groups is 2. The van der Waals surface area contributed by atoms with E-state index in [0.29, 0.717) is 17.2 Å². The zero-order valence-electron chi connectivity index (χ0n) is 18.7. The Kier molecular flexibility index (Phi) is 5.66. The summed E-state index contributed by atoms with van der Waals surface area (Å²) in [5, 5.41) is 11.1. The standard InChI is InChI=1S/C27H26N2O3/c1-16(2)19-10-12-20(13-11-19)24-23(25(30)21-8-5-17(3)6-9-21)26(31)27(32)29(24)22-14-7-18(4)28-15-22/h5-16,24,30H,1-4H3. The summed E-state index contributed by atoms with van der Waals surface area (Å²) >= 11 is 0. The van der Waals surface area contributed by atoms with E-state index in [4.69, 9.17) is 0 Å². The number of aliphatic hydroxyl groups excluding tert-OH is 1. The van der Waals surface area contributed by atoms with Crippen molar-refractivity contribution < 1.29 is 14.7 Å². The molecule has 3 aromatic rings. The number of pyridine rings is 1. The molecule has 0 saturated carbocycles. The molecule has 1 aliphatic rings. The Morgan fingerprint density at radius 2 is 1.59 bits per heavy atom. The van der Waals surface area contributed by atoms with E-state index < -0.39 is 17.7 Å². The summed E-state index contributed by atoms with van der Waals surface area (Å²) in [5.74, 6) is -1.21. The number of hydrogen-bond donors (Lipinski definition) is 1. The molecule has 1 atom stereocenters. The first-order valence-electron chi connectivity index (χ1n) is 10.7. The molecule has 4 rings (SSSR count). The van der Waals surface area contributed by atoms with Crippen molar-refractivity contribution >= 4 is 23.1 Å². The predicted molar refractivity (Wildman–Crippen MR) is 125 cm³/mol. The second-order valence-corrected chi connectivity index (χ2v) is 8.51. The average molecular weight is 427 g/mol. The fourth-order valence-electron chi connectivity index (χ4n) is 3.95. The summed E-state index contributed by atoms with van der Waals surface area (Å²) in [4.78, 5) is 32.1. The van der Waals surface area contributed by atoms with Crippen molar-refractivity contribution in [1.29, 1.82) is 0 Å². The van der Waals surface area contributed by atoms with Crippen LogP contribution < -0.4 is 4.90 Å². The fraction of sp³-hybridized carbons (Fsp3) is 0.222. The molecule has 32 heavy (non-hydrogen) atoms. The van der Waals surface area contributed by atoms with Gasteiger partial charge >= 0.3 is 0 Å². The molecule has 2 heterocycles. The molecule has 5 heteroatoms. The summed E-state index contributed by atoms with van der Waals surface area (Å²) in [6, 6.07) is 17.9. The predicted octanol–water partition coefficient (Wildman–Crippen LogP) is 5.45. The molecular formula is C27H26N2O3. The highest BCUT2D eigenvalue weighted by molar-refractivity contribution is 6.51. The first-order valence-corrected chi connectivity index (χ1v) is 10.7. The molecular weight excluding hydrogens is 400 g/mol. The van der Waals surface area contributed by atoms with Gasteiger partial charge in [-0.05, 0) is 43.0 Å².